The lowest BCUT2D eigenvalue weighted by Gasteiger charge is -2.34. The number of piperidine rings is 1. The first-order valence-corrected chi connectivity index (χ1v) is 10.0. The molecule has 1 fully saturated rings. The quantitative estimate of drug-likeness (QED) is 0.566. The molecular weight excluding hydrogens is 352 g/mol. The van der Waals surface area contributed by atoms with E-state index in [-0.39, 0.29) is 5.91 Å². The van der Waals surface area contributed by atoms with Crippen LogP contribution in [0.2, 0.25) is 0 Å². The first kappa shape index (κ1) is 19.9. The van der Waals surface area contributed by atoms with E-state index in [1.54, 1.807) is 6.20 Å². The van der Waals surface area contributed by atoms with Crippen LogP contribution in [0.25, 0.3) is 0 Å². The molecule has 3 N–H and O–H groups in total. The van der Waals surface area contributed by atoms with Crippen LogP contribution in [-0.4, -0.2) is 46.2 Å². The summed E-state index contributed by atoms with van der Waals surface area (Å²) in [6, 6.07) is 10.4. The molecule has 1 aliphatic rings. The van der Waals surface area contributed by atoms with E-state index >= 15 is 0 Å². The summed E-state index contributed by atoms with van der Waals surface area (Å²) in [6.07, 6.45) is 6.31. The second kappa shape index (κ2) is 9.92. The molecule has 0 bridgehead atoms. The Bertz CT molecular complexity index is 786. The van der Waals surface area contributed by atoms with E-state index in [2.05, 4.69) is 46.5 Å². The van der Waals surface area contributed by atoms with Gasteiger partial charge in [0.2, 0.25) is 5.91 Å². The number of guanidine groups is 1. The van der Waals surface area contributed by atoms with Gasteiger partial charge in [0.1, 0.15) is 0 Å². The van der Waals surface area contributed by atoms with E-state index in [0.29, 0.717) is 18.9 Å². The Morgan fingerprint density at radius 1 is 1.36 bits per heavy atom. The van der Waals surface area contributed by atoms with Crippen molar-refractivity contribution in [1.82, 2.24) is 20.0 Å². The minimum atomic E-state index is -0.220. The molecule has 1 aromatic carbocycles. The first-order chi connectivity index (χ1) is 13.6. The molecule has 7 heteroatoms. The van der Waals surface area contributed by atoms with Crippen LogP contribution in [0, 0.1) is 5.92 Å². The maximum absolute atomic E-state index is 11.3. The number of carbonyl (C=O) groups is 1. The molecule has 1 saturated heterocycles. The Kier molecular flexibility index (Phi) is 7.06. The van der Waals surface area contributed by atoms with Gasteiger partial charge in [-0.1, -0.05) is 24.3 Å². The van der Waals surface area contributed by atoms with Crippen LogP contribution >= 0.6 is 0 Å². The Morgan fingerprint density at radius 3 is 2.96 bits per heavy atom. The lowest BCUT2D eigenvalue weighted by molar-refractivity contribution is -0.119. The van der Waals surface area contributed by atoms with Gasteiger partial charge in [-0.15, -0.1) is 0 Å². The van der Waals surface area contributed by atoms with Crippen LogP contribution in [0.5, 0.6) is 0 Å². The van der Waals surface area contributed by atoms with Gasteiger partial charge in [-0.3, -0.25) is 9.48 Å². The van der Waals surface area contributed by atoms with E-state index in [4.69, 9.17) is 10.7 Å². The number of nitrogens with one attached hydrogen (secondary N) is 1. The zero-order chi connectivity index (χ0) is 19.8. The smallest absolute Gasteiger partial charge is 0.217 e. The summed E-state index contributed by atoms with van der Waals surface area (Å²) < 4.78 is 1.92. The average molecular weight is 383 g/mol. The summed E-state index contributed by atoms with van der Waals surface area (Å²) in [5, 5.41) is 7.66. The molecule has 0 radical (unpaired) electrons. The molecular formula is C21H30N6O. The van der Waals surface area contributed by atoms with Gasteiger partial charge in [-0.25, -0.2) is 4.99 Å². The second-order valence-electron chi connectivity index (χ2n) is 7.32. The highest BCUT2D eigenvalue weighted by Crippen LogP contribution is 2.19. The maximum Gasteiger partial charge on any atom is 0.217 e. The van der Waals surface area contributed by atoms with Crippen molar-refractivity contribution in [3.63, 3.8) is 0 Å². The van der Waals surface area contributed by atoms with Crippen molar-refractivity contribution in [1.29, 1.82) is 0 Å². The number of aliphatic imine (C=N–C) groups is 1. The summed E-state index contributed by atoms with van der Waals surface area (Å²) in [7, 11) is 0. The zero-order valence-corrected chi connectivity index (χ0v) is 16.6. The van der Waals surface area contributed by atoms with E-state index in [9.17, 15) is 4.79 Å². The van der Waals surface area contributed by atoms with E-state index in [0.717, 1.165) is 45.0 Å². The third kappa shape index (κ3) is 5.84. The average Bonchev–Trinajstić information content (AvgIpc) is 3.18. The molecule has 1 amide bonds. The number of likely N-dealkylation sites (tertiary alicyclic amines) is 1. The number of hydrogen-bond donors (Lipinski definition) is 2. The number of carbonyl (C=O) groups excluding carboxylic acids is 1. The fraction of sp³-hybridized carbons (Fsp3) is 0.476. The SMILES string of the molecule is CCNC(=NCc1cccc(Cn2cccn2)c1)N1CCCC(CC(N)=O)C1. The Balaban J connectivity index is 1.66. The van der Waals surface area contributed by atoms with E-state index < -0.39 is 0 Å². The molecule has 1 atom stereocenters. The fourth-order valence-electron chi connectivity index (χ4n) is 3.71. The van der Waals surface area contributed by atoms with Crippen molar-refractivity contribution in [2.24, 2.45) is 16.6 Å². The predicted molar refractivity (Wildman–Crippen MR) is 111 cm³/mol. The van der Waals surface area contributed by atoms with Crippen molar-refractivity contribution in [3.05, 3.63) is 53.9 Å². The third-order valence-corrected chi connectivity index (χ3v) is 4.95. The first-order valence-electron chi connectivity index (χ1n) is 10.0. The van der Waals surface area contributed by atoms with Crippen molar-refractivity contribution in [2.75, 3.05) is 19.6 Å². The topological polar surface area (TPSA) is 88.5 Å². The van der Waals surface area contributed by atoms with Crippen LogP contribution in [0.4, 0.5) is 0 Å². The zero-order valence-electron chi connectivity index (χ0n) is 16.6. The molecule has 3 rings (SSSR count). The number of rotatable bonds is 7. The number of nitrogens with two attached hydrogens (primary N) is 1. The molecule has 0 saturated carbocycles. The van der Waals surface area contributed by atoms with Crippen LogP contribution < -0.4 is 11.1 Å². The largest absolute Gasteiger partial charge is 0.370 e. The summed E-state index contributed by atoms with van der Waals surface area (Å²) in [6.45, 7) is 6.05. The Labute approximate surface area is 166 Å². The van der Waals surface area contributed by atoms with Gasteiger partial charge in [0.05, 0.1) is 13.1 Å². The van der Waals surface area contributed by atoms with Crippen LogP contribution in [0.15, 0.2) is 47.7 Å². The van der Waals surface area contributed by atoms with E-state index in [1.165, 1.54) is 11.1 Å². The number of nitrogens with zero attached hydrogens (tertiary/aromatic N) is 4. The van der Waals surface area contributed by atoms with Crippen molar-refractivity contribution < 1.29 is 4.79 Å². The third-order valence-electron chi connectivity index (χ3n) is 4.95. The molecule has 2 aromatic rings. The molecule has 150 valence electrons. The second-order valence-corrected chi connectivity index (χ2v) is 7.32. The number of benzene rings is 1. The molecule has 1 aromatic heterocycles. The van der Waals surface area contributed by atoms with Crippen molar-refractivity contribution >= 4 is 11.9 Å². The van der Waals surface area contributed by atoms with Crippen LogP contribution in [0.1, 0.15) is 37.3 Å². The molecule has 0 aliphatic carbocycles. The van der Waals surface area contributed by atoms with Gasteiger partial charge in [-0.2, -0.15) is 5.10 Å². The van der Waals surface area contributed by atoms with Gasteiger partial charge < -0.3 is 16.0 Å². The standard InChI is InChI=1S/C21H30N6O/c1-2-23-21(26-10-4-8-19(15-26)13-20(22)28)24-14-17-6-3-7-18(12-17)16-27-11-5-9-25-27/h3,5-7,9,11-12,19H,2,4,8,10,13-16H2,1H3,(H2,22,28)(H,23,24). The summed E-state index contributed by atoms with van der Waals surface area (Å²) in [4.78, 5) is 18.4. The highest BCUT2D eigenvalue weighted by molar-refractivity contribution is 5.80. The van der Waals surface area contributed by atoms with Gasteiger partial charge in [0.25, 0.3) is 0 Å². The highest BCUT2D eigenvalue weighted by Gasteiger charge is 2.23. The molecule has 0 spiro atoms. The lowest BCUT2D eigenvalue weighted by atomic mass is 9.95. The van der Waals surface area contributed by atoms with Crippen LogP contribution in [-0.2, 0) is 17.9 Å². The Hall–Kier alpha value is -2.83. The number of aromatic nitrogens is 2. The molecule has 1 aliphatic heterocycles. The van der Waals surface area contributed by atoms with Crippen LogP contribution in [0.3, 0.4) is 0 Å². The fourth-order valence-corrected chi connectivity index (χ4v) is 3.71. The number of primary amides is 1. The Morgan fingerprint density at radius 2 is 2.21 bits per heavy atom. The van der Waals surface area contributed by atoms with Gasteiger partial charge in [0.15, 0.2) is 5.96 Å². The molecule has 1 unspecified atom stereocenters. The van der Waals surface area contributed by atoms with Gasteiger partial charge in [0, 0.05) is 38.4 Å². The summed E-state index contributed by atoms with van der Waals surface area (Å²) in [5.41, 5.74) is 7.77. The lowest BCUT2D eigenvalue weighted by Crippen LogP contribution is -2.47. The van der Waals surface area contributed by atoms with E-state index in [1.807, 2.05) is 16.9 Å². The predicted octanol–water partition coefficient (Wildman–Crippen LogP) is 1.98. The monoisotopic (exact) mass is 382 g/mol. The molecule has 2 heterocycles. The van der Waals surface area contributed by atoms with Gasteiger partial charge >= 0.3 is 0 Å². The maximum atomic E-state index is 11.3. The molecule has 7 nitrogen and oxygen atoms in total. The molecule has 28 heavy (non-hydrogen) atoms. The summed E-state index contributed by atoms with van der Waals surface area (Å²) in [5.74, 6) is 1.00. The minimum absolute atomic E-state index is 0.220. The number of hydrogen-bond acceptors (Lipinski definition) is 3. The normalized spacial score (nSPS) is 17.5. The summed E-state index contributed by atoms with van der Waals surface area (Å²) >= 11 is 0. The van der Waals surface area contributed by atoms with Crippen molar-refractivity contribution in [3.8, 4) is 0 Å². The number of amides is 1. The van der Waals surface area contributed by atoms with Crippen molar-refractivity contribution in [2.45, 2.75) is 39.3 Å². The minimum Gasteiger partial charge on any atom is -0.370 e. The van der Waals surface area contributed by atoms with Gasteiger partial charge in [-0.05, 0) is 42.9 Å². The highest BCUT2D eigenvalue weighted by atomic mass is 16.1.